The number of ether oxygens (including phenoxy) is 1. The van der Waals surface area contributed by atoms with E-state index in [4.69, 9.17) is 10.5 Å². The van der Waals surface area contributed by atoms with Gasteiger partial charge in [-0.2, -0.15) is 0 Å². The summed E-state index contributed by atoms with van der Waals surface area (Å²) in [6, 6.07) is 7.49. The molecule has 5 nitrogen and oxygen atoms in total. The molecule has 22 heavy (non-hydrogen) atoms. The molecule has 0 spiro atoms. The second kappa shape index (κ2) is 8.08. The van der Waals surface area contributed by atoms with Crippen molar-refractivity contribution in [2.24, 2.45) is 5.92 Å². The van der Waals surface area contributed by atoms with E-state index in [1.165, 1.54) is 11.8 Å². The van der Waals surface area contributed by atoms with Gasteiger partial charge in [-0.05, 0) is 38.0 Å². The molecule has 0 aliphatic carbocycles. The fraction of sp³-hybridized carbons (Fsp3) is 0.500. The first kappa shape index (κ1) is 16.7. The van der Waals surface area contributed by atoms with Gasteiger partial charge in [-0.1, -0.05) is 6.07 Å². The van der Waals surface area contributed by atoms with Crippen molar-refractivity contribution in [2.45, 2.75) is 24.7 Å². The van der Waals surface area contributed by atoms with E-state index in [0.717, 1.165) is 17.7 Å². The van der Waals surface area contributed by atoms with Gasteiger partial charge in [0.25, 0.3) is 0 Å². The van der Waals surface area contributed by atoms with Gasteiger partial charge < -0.3 is 15.4 Å². The zero-order chi connectivity index (χ0) is 15.9. The van der Waals surface area contributed by atoms with Crippen molar-refractivity contribution in [1.29, 1.82) is 0 Å². The van der Waals surface area contributed by atoms with Gasteiger partial charge in [0.2, 0.25) is 5.91 Å². The first-order valence-corrected chi connectivity index (χ1v) is 8.51. The summed E-state index contributed by atoms with van der Waals surface area (Å²) in [5.41, 5.74) is 6.42. The van der Waals surface area contributed by atoms with Crippen LogP contribution in [0.25, 0.3) is 0 Å². The first-order chi connectivity index (χ1) is 10.6. The molecule has 1 amide bonds. The fourth-order valence-electron chi connectivity index (χ4n) is 2.50. The summed E-state index contributed by atoms with van der Waals surface area (Å²) in [5, 5.41) is 0. The Balaban J connectivity index is 1.85. The van der Waals surface area contributed by atoms with E-state index in [1.54, 1.807) is 11.8 Å². The van der Waals surface area contributed by atoms with Crippen LogP contribution in [0.5, 0.6) is 0 Å². The third kappa shape index (κ3) is 4.66. The van der Waals surface area contributed by atoms with Gasteiger partial charge >= 0.3 is 5.97 Å². The fourth-order valence-corrected chi connectivity index (χ4v) is 3.36. The number of thioether (sulfide) groups is 1. The highest BCUT2D eigenvalue weighted by Gasteiger charge is 2.29. The number of benzene rings is 1. The minimum absolute atomic E-state index is 0.0569. The van der Waals surface area contributed by atoms with Gasteiger partial charge in [-0.3, -0.25) is 9.59 Å². The molecule has 120 valence electrons. The Kier molecular flexibility index (Phi) is 6.12. The van der Waals surface area contributed by atoms with Crippen LogP contribution in [0.4, 0.5) is 5.69 Å². The summed E-state index contributed by atoms with van der Waals surface area (Å²) in [5.74, 6) is 0.0406. The van der Waals surface area contributed by atoms with Crippen molar-refractivity contribution in [3.63, 3.8) is 0 Å². The number of carbonyl (C=O) groups excluding carboxylic acids is 2. The second-order valence-electron chi connectivity index (χ2n) is 5.29. The number of hydrogen-bond acceptors (Lipinski definition) is 5. The largest absolute Gasteiger partial charge is 0.466 e. The summed E-state index contributed by atoms with van der Waals surface area (Å²) in [6.45, 7) is 3.36. The molecule has 0 bridgehead atoms. The standard InChI is InChI=1S/C16H22N2O3S/c1-2-21-16(20)12-5-4-8-18(10-12)15(19)11-22-14-7-3-6-13(17)9-14/h3,6-7,9,12H,2,4-5,8,10-11,17H2,1H3. The minimum Gasteiger partial charge on any atom is -0.466 e. The van der Waals surface area contributed by atoms with Crippen LogP contribution in [0.1, 0.15) is 19.8 Å². The lowest BCUT2D eigenvalue weighted by molar-refractivity contribution is -0.151. The van der Waals surface area contributed by atoms with E-state index in [1.807, 2.05) is 24.3 Å². The topological polar surface area (TPSA) is 72.6 Å². The maximum atomic E-state index is 12.3. The molecule has 1 aromatic rings. The van der Waals surface area contributed by atoms with Gasteiger partial charge in [0.1, 0.15) is 0 Å². The van der Waals surface area contributed by atoms with Crippen molar-refractivity contribution in [1.82, 2.24) is 4.90 Å². The third-order valence-corrected chi connectivity index (χ3v) is 4.59. The summed E-state index contributed by atoms with van der Waals surface area (Å²) in [7, 11) is 0. The third-order valence-electron chi connectivity index (χ3n) is 3.61. The summed E-state index contributed by atoms with van der Waals surface area (Å²) in [6.07, 6.45) is 1.64. The number of nitrogen functional groups attached to an aromatic ring is 1. The molecule has 0 saturated carbocycles. The molecule has 1 aromatic carbocycles. The molecule has 1 saturated heterocycles. The number of piperidine rings is 1. The van der Waals surface area contributed by atoms with Crippen LogP contribution in [0.3, 0.4) is 0 Å². The lowest BCUT2D eigenvalue weighted by Gasteiger charge is -2.31. The zero-order valence-electron chi connectivity index (χ0n) is 12.8. The monoisotopic (exact) mass is 322 g/mol. The number of hydrogen-bond donors (Lipinski definition) is 1. The maximum Gasteiger partial charge on any atom is 0.310 e. The summed E-state index contributed by atoms with van der Waals surface area (Å²) in [4.78, 5) is 26.9. The maximum absolute atomic E-state index is 12.3. The lowest BCUT2D eigenvalue weighted by atomic mass is 9.98. The van der Waals surface area contributed by atoms with Crippen LogP contribution in [0.15, 0.2) is 29.2 Å². The number of nitrogens with two attached hydrogens (primary N) is 1. The van der Waals surface area contributed by atoms with Crippen LogP contribution in [0, 0.1) is 5.92 Å². The molecule has 0 aromatic heterocycles. The van der Waals surface area contributed by atoms with E-state index in [-0.39, 0.29) is 17.8 Å². The Morgan fingerprint density at radius 3 is 3.00 bits per heavy atom. The number of esters is 1. The van der Waals surface area contributed by atoms with Crippen molar-refractivity contribution < 1.29 is 14.3 Å². The highest BCUT2D eigenvalue weighted by molar-refractivity contribution is 8.00. The SMILES string of the molecule is CCOC(=O)C1CCCN(C(=O)CSc2cccc(N)c2)C1. The molecular weight excluding hydrogens is 300 g/mol. The normalized spacial score (nSPS) is 18.0. The van der Waals surface area contributed by atoms with Crippen LogP contribution in [-0.4, -0.2) is 42.2 Å². The van der Waals surface area contributed by atoms with Crippen molar-refractivity contribution in [3.05, 3.63) is 24.3 Å². The van der Waals surface area contributed by atoms with E-state index in [9.17, 15) is 9.59 Å². The molecular formula is C16H22N2O3S. The molecule has 2 rings (SSSR count). The highest BCUT2D eigenvalue weighted by atomic mass is 32.2. The highest BCUT2D eigenvalue weighted by Crippen LogP contribution is 2.23. The van der Waals surface area contributed by atoms with Gasteiger partial charge in [-0.15, -0.1) is 11.8 Å². The molecule has 2 N–H and O–H groups in total. The van der Waals surface area contributed by atoms with Gasteiger partial charge in [0.15, 0.2) is 0 Å². The molecule has 1 heterocycles. The number of anilines is 1. The Morgan fingerprint density at radius 1 is 1.45 bits per heavy atom. The second-order valence-corrected chi connectivity index (χ2v) is 6.34. The zero-order valence-corrected chi connectivity index (χ0v) is 13.6. The van der Waals surface area contributed by atoms with E-state index in [0.29, 0.717) is 31.1 Å². The molecule has 1 unspecified atom stereocenters. The average Bonchev–Trinajstić information content (AvgIpc) is 2.53. The van der Waals surface area contributed by atoms with Crippen molar-refractivity contribution in [3.8, 4) is 0 Å². The smallest absolute Gasteiger partial charge is 0.310 e. The summed E-state index contributed by atoms with van der Waals surface area (Å²) < 4.78 is 5.06. The van der Waals surface area contributed by atoms with Crippen LogP contribution >= 0.6 is 11.8 Å². The number of amides is 1. The van der Waals surface area contributed by atoms with Crippen molar-refractivity contribution >= 4 is 29.3 Å². The molecule has 1 atom stereocenters. The Hall–Kier alpha value is -1.69. The van der Waals surface area contributed by atoms with Crippen LogP contribution < -0.4 is 5.73 Å². The van der Waals surface area contributed by atoms with Crippen LogP contribution in [-0.2, 0) is 14.3 Å². The molecule has 0 radical (unpaired) electrons. The predicted molar refractivity (Wildman–Crippen MR) is 87.5 cm³/mol. The quantitative estimate of drug-likeness (QED) is 0.511. The molecule has 1 fully saturated rings. The van der Waals surface area contributed by atoms with Gasteiger partial charge in [-0.25, -0.2) is 0 Å². The number of rotatable bonds is 5. The Labute approximate surface area is 135 Å². The van der Waals surface area contributed by atoms with E-state index in [2.05, 4.69) is 0 Å². The van der Waals surface area contributed by atoms with Crippen LogP contribution in [0.2, 0.25) is 0 Å². The minimum atomic E-state index is -0.191. The number of likely N-dealkylation sites (tertiary alicyclic amines) is 1. The lowest BCUT2D eigenvalue weighted by Crippen LogP contribution is -2.43. The van der Waals surface area contributed by atoms with Gasteiger partial charge in [0, 0.05) is 23.7 Å². The first-order valence-electron chi connectivity index (χ1n) is 7.53. The Bertz CT molecular complexity index is 536. The number of nitrogens with zero attached hydrogens (tertiary/aromatic N) is 1. The van der Waals surface area contributed by atoms with Crippen molar-refractivity contribution in [2.75, 3.05) is 31.2 Å². The summed E-state index contributed by atoms with van der Waals surface area (Å²) >= 11 is 1.47. The number of carbonyl (C=O) groups is 2. The Morgan fingerprint density at radius 2 is 2.27 bits per heavy atom. The molecule has 1 aliphatic heterocycles. The molecule has 1 aliphatic rings. The van der Waals surface area contributed by atoms with Gasteiger partial charge in [0.05, 0.1) is 18.3 Å². The van der Waals surface area contributed by atoms with E-state index >= 15 is 0 Å². The molecule has 6 heteroatoms. The average molecular weight is 322 g/mol. The predicted octanol–water partition coefficient (Wildman–Crippen LogP) is 2.16. The van der Waals surface area contributed by atoms with E-state index < -0.39 is 0 Å².